The number of carboxylic acid groups (broad SMARTS) is 1. The number of amides is 3. The van der Waals surface area contributed by atoms with E-state index in [2.05, 4.69) is 42.5 Å². The van der Waals surface area contributed by atoms with E-state index in [0.29, 0.717) is 39.1 Å². The molecule has 2 aliphatic rings. The molecule has 0 saturated carbocycles. The molecule has 1 aromatic heterocycles. The van der Waals surface area contributed by atoms with Crippen LogP contribution in [0.4, 0.5) is 32.2 Å². The fraction of sp³-hybridized carbons (Fsp3) is 0.457. The zero-order valence-corrected chi connectivity index (χ0v) is 28.4. The number of halogens is 1. The molecule has 13 nitrogen and oxygen atoms in total. The fourth-order valence-electron chi connectivity index (χ4n) is 5.72. The number of nitrogens with two attached hydrogens (primary N) is 1. The number of piperidine rings is 1. The SMILES string of the molecule is CN(C)CCCNc1ncnc(N2CCCC(C(N)=O)C2)c1F.O=C(O)CCc1ccc(NC(=O)N2CCN(c3ccccc3)CC2)cc1. The highest BCUT2D eigenvalue weighted by molar-refractivity contribution is 5.89. The second-order valence-corrected chi connectivity index (χ2v) is 12.5. The molecule has 5 N–H and O–H groups in total. The topological polar surface area (TPSA) is 160 Å². The number of aryl methyl sites for hydroxylation is 1. The van der Waals surface area contributed by atoms with E-state index in [1.54, 1.807) is 4.90 Å². The van der Waals surface area contributed by atoms with Crippen LogP contribution in [0.15, 0.2) is 60.9 Å². The van der Waals surface area contributed by atoms with Gasteiger partial charge in [0.25, 0.3) is 0 Å². The number of carbonyl (C=O) groups is 3. The van der Waals surface area contributed by atoms with E-state index >= 15 is 0 Å². The first-order chi connectivity index (χ1) is 23.6. The fourth-order valence-corrected chi connectivity index (χ4v) is 5.72. The van der Waals surface area contributed by atoms with Crippen LogP contribution in [0.3, 0.4) is 0 Å². The maximum Gasteiger partial charge on any atom is 0.321 e. The van der Waals surface area contributed by atoms with Crippen molar-refractivity contribution in [3.05, 3.63) is 72.3 Å². The van der Waals surface area contributed by atoms with E-state index in [1.807, 2.05) is 61.5 Å². The molecule has 0 bridgehead atoms. The van der Waals surface area contributed by atoms with E-state index in [4.69, 9.17) is 10.8 Å². The molecular formula is C35H48FN9O4. The second kappa shape index (κ2) is 18.5. The first-order valence-corrected chi connectivity index (χ1v) is 16.7. The summed E-state index contributed by atoms with van der Waals surface area (Å²) >= 11 is 0. The van der Waals surface area contributed by atoms with Crippen molar-refractivity contribution in [1.82, 2.24) is 19.8 Å². The maximum absolute atomic E-state index is 14.6. The summed E-state index contributed by atoms with van der Waals surface area (Å²) in [7, 11) is 3.99. The van der Waals surface area contributed by atoms with Crippen LogP contribution in [0.5, 0.6) is 0 Å². The number of benzene rings is 2. The van der Waals surface area contributed by atoms with Crippen molar-refractivity contribution in [2.45, 2.75) is 32.1 Å². The van der Waals surface area contributed by atoms with Gasteiger partial charge in [-0.3, -0.25) is 9.59 Å². The number of piperazine rings is 1. The Hall–Kier alpha value is -4.98. The number of primary amides is 1. The predicted molar refractivity (Wildman–Crippen MR) is 189 cm³/mol. The minimum atomic E-state index is -0.808. The lowest BCUT2D eigenvalue weighted by atomic mass is 9.97. The van der Waals surface area contributed by atoms with Crippen LogP contribution >= 0.6 is 0 Å². The second-order valence-electron chi connectivity index (χ2n) is 12.5. The number of hydrogen-bond acceptors (Lipinski definition) is 9. The van der Waals surface area contributed by atoms with Crippen molar-refractivity contribution in [3.63, 3.8) is 0 Å². The molecule has 2 aromatic carbocycles. The van der Waals surface area contributed by atoms with Gasteiger partial charge in [-0.1, -0.05) is 30.3 Å². The highest BCUT2D eigenvalue weighted by atomic mass is 19.1. The molecule has 5 rings (SSSR count). The van der Waals surface area contributed by atoms with Crippen LogP contribution in [0.1, 0.15) is 31.2 Å². The first kappa shape index (κ1) is 36.8. The molecule has 49 heavy (non-hydrogen) atoms. The van der Waals surface area contributed by atoms with Gasteiger partial charge in [-0.25, -0.2) is 14.8 Å². The van der Waals surface area contributed by atoms with Gasteiger partial charge >= 0.3 is 12.0 Å². The van der Waals surface area contributed by atoms with Gasteiger partial charge in [-0.2, -0.15) is 4.39 Å². The minimum absolute atomic E-state index is 0.101. The molecule has 2 saturated heterocycles. The Kier molecular flexibility index (Phi) is 13.9. The number of aliphatic carboxylic acids is 1. The molecule has 2 fully saturated rings. The number of rotatable bonds is 12. The molecule has 2 aliphatic heterocycles. The Balaban J connectivity index is 0.000000223. The van der Waals surface area contributed by atoms with Crippen LogP contribution in [-0.4, -0.2) is 109 Å². The van der Waals surface area contributed by atoms with Crippen LogP contribution in [0, 0.1) is 11.7 Å². The number of aromatic nitrogens is 2. The molecule has 0 spiro atoms. The average molecular weight is 678 g/mol. The number of anilines is 4. The Morgan fingerprint density at radius 2 is 1.69 bits per heavy atom. The lowest BCUT2D eigenvalue weighted by Gasteiger charge is -2.36. The molecular weight excluding hydrogens is 629 g/mol. The highest BCUT2D eigenvalue weighted by Crippen LogP contribution is 2.26. The van der Waals surface area contributed by atoms with Crippen LogP contribution in [0.2, 0.25) is 0 Å². The minimum Gasteiger partial charge on any atom is -0.481 e. The summed E-state index contributed by atoms with van der Waals surface area (Å²) < 4.78 is 14.6. The van der Waals surface area contributed by atoms with E-state index in [1.165, 1.54) is 12.0 Å². The number of hydrogen-bond donors (Lipinski definition) is 4. The van der Waals surface area contributed by atoms with Gasteiger partial charge in [-0.05, 0) is 76.2 Å². The van der Waals surface area contributed by atoms with E-state index in [-0.39, 0.29) is 35.9 Å². The molecule has 3 aromatic rings. The van der Waals surface area contributed by atoms with Gasteiger partial charge in [-0.15, -0.1) is 0 Å². The molecule has 14 heteroatoms. The molecule has 0 radical (unpaired) electrons. The molecule has 0 aliphatic carbocycles. The zero-order chi connectivity index (χ0) is 35.2. The third-order valence-electron chi connectivity index (χ3n) is 8.49. The normalized spacial score (nSPS) is 16.1. The maximum atomic E-state index is 14.6. The van der Waals surface area contributed by atoms with Crippen molar-refractivity contribution in [2.75, 3.05) is 86.9 Å². The Morgan fingerprint density at radius 3 is 2.35 bits per heavy atom. The molecule has 3 heterocycles. The summed E-state index contributed by atoms with van der Waals surface area (Å²) in [6, 6.07) is 17.4. The highest BCUT2D eigenvalue weighted by Gasteiger charge is 2.27. The van der Waals surface area contributed by atoms with Crippen LogP contribution < -0.4 is 26.2 Å². The monoisotopic (exact) mass is 677 g/mol. The van der Waals surface area contributed by atoms with Crippen molar-refractivity contribution in [1.29, 1.82) is 0 Å². The smallest absolute Gasteiger partial charge is 0.321 e. The summed E-state index contributed by atoms with van der Waals surface area (Å²) in [5.41, 5.74) is 8.23. The van der Waals surface area contributed by atoms with Gasteiger partial charge in [0.05, 0.1) is 5.92 Å². The summed E-state index contributed by atoms with van der Waals surface area (Å²) in [6.07, 6.45) is 4.37. The summed E-state index contributed by atoms with van der Waals surface area (Å²) in [5, 5.41) is 14.6. The van der Waals surface area contributed by atoms with Gasteiger partial charge in [0, 0.05) is 63.6 Å². The number of nitrogens with zero attached hydrogens (tertiary/aromatic N) is 6. The largest absolute Gasteiger partial charge is 0.481 e. The molecule has 1 unspecified atom stereocenters. The first-order valence-electron chi connectivity index (χ1n) is 16.7. The van der Waals surface area contributed by atoms with E-state index in [9.17, 15) is 18.8 Å². The number of urea groups is 1. The predicted octanol–water partition coefficient (Wildman–Crippen LogP) is 3.74. The summed E-state index contributed by atoms with van der Waals surface area (Å²) in [4.78, 5) is 50.4. The average Bonchev–Trinajstić information content (AvgIpc) is 3.11. The Labute approximate surface area is 287 Å². The van der Waals surface area contributed by atoms with Crippen molar-refractivity contribution < 1.29 is 23.9 Å². The van der Waals surface area contributed by atoms with Gasteiger partial charge in [0.2, 0.25) is 11.7 Å². The third-order valence-corrected chi connectivity index (χ3v) is 8.49. The number of carbonyl (C=O) groups excluding carboxylic acids is 2. The summed E-state index contributed by atoms with van der Waals surface area (Å²) in [6.45, 7) is 5.60. The molecule has 3 amide bonds. The number of para-hydroxylation sites is 1. The lowest BCUT2D eigenvalue weighted by molar-refractivity contribution is -0.137. The van der Waals surface area contributed by atoms with Gasteiger partial charge in [0.15, 0.2) is 11.6 Å². The number of carboxylic acids is 1. The zero-order valence-electron chi connectivity index (χ0n) is 28.4. The number of nitrogens with one attached hydrogen (secondary N) is 2. The lowest BCUT2D eigenvalue weighted by Crippen LogP contribution is -2.50. The van der Waals surface area contributed by atoms with Crippen molar-refractivity contribution >= 4 is 40.9 Å². The molecule has 264 valence electrons. The quantitative estimate of drug-likeness (QED) is 0.208. The van der Waals surface area contributed by atoms with E-state index < -0.39 is 11.8 Å². The standard InChI is InChI=1S/C20H23N3O3.C15H25FN6O/c24-19(25)11-8-16-6-9-17(10-7-16)21-20(26)23-14-12-22(13-15-23)18-4-2-1-3-5-18;1-21(2)7-4-6-18-14-12(16)15(20-10-19-14)22-8-3-5-11(9-22)13(17)23/h1-7,9-10H,8,11-15H2,(H,21,26)(H,24,25);10-11H,3-9H2,1-2H3,(H2,17,23)(H,18,19,20). The van der Waals surface area contributed by atoms with Crippen molar-refractivity contribution in [2.24, 2.45) is 11.7 Å². The van der Waals surface area contributed by atoms with Crippen molar-refractivity contribution in [3.8, 4) is 0 Å². The van der Waals surface area contributed by atoms with Gasteiger partial charge < -0.3 is 41.1 Å². The third kappa shape index (κ3) is 11.6. The Bertz CT molecular complexity index is 1500. The van der Waals surface area contributed by atoms with Crippen LogP contribution in [-0.2, 0) is 16.0 Å². The van der Waals surface area contributed by atoms with Gasteiger partial charge in [0.1, 0.15) is 6.33 Å². The van der Waals surface area contributed by atoms with E-state index in [0.717, 1.165) is 50.1 Å². The Morgan fingerprint density at radius 1 is 0.980 bits per heavy atom. The van der Waals surface area contributed by atoms with Crippen LogP contribution in [0.25, 0.3) is 0 Å². The summed E-state index contributed by atoms with van der Waals surface area (Å²) in [5.74, 6) is -1.43. The molecule has 1 atom stereocenters.